The lowest BCUT2D eigenvalue weighted by molar-refractivity contribution is 0.563. The Morgan fingerprint density at radius 1 is 0.808 bits per heavy atom. The normalized spacial score (nSPS) is 12.6. The van der Waals surface area contributed by atoms with E-state index >= 15 is 0 Å². The van der Waals surface area contributed by atoms with Gasteiger partial charge in [-0.2, -0.15) is 0 Å². The van der Waals surface area contributed by atoms with Crippen LogP contribution in [-0.4, -0.2) is 0 Å². The van der Waals surface area contributed by atoms with Crippen molar-refractivity contribution in [2.75, 3.05) is 0 Å². The molecule has 0 fully saturated rings. The summed E-state index contributed by atoms with van der Waals surface area (Å²) < 4.78 is 15.0. The lowest BCUT2D eigenvalue weighted by atomic mass is 9.76. The van der Waals surface area contributed by atoms with Crippen molar-refractivity contribution in [3.8, 4) is 0 Å². The maximum atomic E-state index is 15.0. The SMILES string of the molecule is Cc1cc(Cl)cc(Cc2c(F)cc(C)c(C(C)(C)C)c2C)c1C(C)(C)C. The summed E-state index contributed by atoms with van der Waals surface area (Å²) in [4.78, 5) is 0. The van der Waals surface area contributed by atoms with Gasteiger partial charge in [0.25, 0.3) is 0 Å². The van der Waals surface area contributed by atoms with Crippen LogP contribution in [0.3, 0.4) is 0 Å². The number of hydrogen-bond donors (Lipinski definition) is 0. The van der Waals surface area contributed by atoms with E-state index in [1.54, 1.807) is 6.07 Å². The summed E-state index contributed by atoms with van der Waals surface area (Å²) in [6.07, 6.45) is 0.565. The van der Waals surface area contributed by atoms with Gasteiger partial charge in [-0.1, -0.05) is 53.1 Å². The van der Waals surface area contributed by atoms with E-state index < -0.39 is 0 Å². The molecule has 0 unspecified atom stereocenters. The van der Waals surface area contributed by atoms with Gasteiger partial charge in [-0.3, -0.25) is 0 Å². The van der Waals surface area contributed by atoms with E-state index in [1.807, 2.05) is 19.1 Å². The molecule has 0 saturated carbocycles. The average Bonchev–Trinajstić information content (AvgIpc) is 2.38. The minimum absolute atomic E-state index is 0.0201. The smallest absolute Gasteiger partial charge is 0.127 e. The maximum absolute atomic E-state index is 15.0. The fraction of sp³-hybridized carbons (Fsp3) is 0.500. The molecule has 142 valence electrons. The van der Waals surface area contributed by atoms with E-state index in [9.17, 15) is 4.39 Å². The van der Waals surface area contributed by atoms with Gasteiger partial charge in [-0.05, 0) is 88.7 Å². The predicted octanol–water partition coefficient (Wildman–Crippen LogP) is 7.59. The van der Waals surface area contributed by atoms with E-state index in [2.05, 4.69) is 55.4 Å². The third kappa shape index (κ3) is 4.14. The first-order valence-corrected chi connectivity index (χ1v) is 9.70. The first kappa shape index (κ1) is 21.0. The fourth-order valence-corrected chi connectivity index (χ4v) is 4.86. The second-order valence-corrected chi connectivity index (χ2v) is 10.0. The highest BCUT2D eigenvalue weighted by Gasteiger charge is 2.25. The van der Waals surface area contributed by atoms with Crippen molar-refractivity contribution in [1.29, 1.82) is 0 Å². The van der Waals surface area contributed by atoms with Gasteiger partial charge >= 0.3 is 0 Å². The van der Waals surface area contributed by atoms with Gasteiger partial charge in [0.1, 0.15) is 5.82 Å². The van der Waals surface area contributed by atoms with Crippen LogP contribution in [0.2, 0.25) is 5.02 Å². The molecule has 0 aromatic heterocycles. The van der Waals surface area contributed by atoms with Gasteiger partial charge in [0.05, 0.1) is 0 Å². The van der Waals surface area contributed by atoms with Crippen molar-refractivity contribution in [3.05, 3.63) is 68.0 Å². The Bertz CT molecular complexity index is 833. The summed E-state index contributed by atoms with van der Waals surface area (Å²) in [5.74, 6) is -0.120. The Labute approximate surface area is 163 Å². The molecule has 0 spiro atoms. The van der Waals surface area contributed by atoms with Crippen molar-refractivity contribution in [1.82, 2.24) is 0 Å². The molecule has 2 rings (SSSR count). The molecule has 26 heavy (non-hydrogen) atoms. The summed E-state index contributed by atoms with van der Waals surface area (Å²) in [6.45, 7) is 19.3. The number of benzene rings is 2. The zero-order chi connectivity index (χ0) is 20.0. The molecule has 0 N–H and O–H groups in total. The third-order valence-corrected chi connectivity index (χ3v) is 5.32. The molecule has 0 atom stereocenters. The van der Waals surface area contributed by atoms with Crippen molar-refractivity contribution >= 4 is 11.6 Å². The van der Waals surface area contributed by atoms with E-state index in [1.165, 1.54) is 16.7 Å². The van der Waals surface area contributed by atoms with Crippen molar-refractivity contribution in [2.45, 2.75) is 79.6 Å². The third-order valence-electron chi connectivity index (χ3n) is 5.10. The molecular formula is C24H32ClF. The second-order valence-electron chi connectivity index (χ2n) is 9.59. The fourth-order valence-electron chi connectivity index (χ4n) is 4.56. The zero-order valence-electron chi connectivity index (χ0n) is 17.7. The summed E-state index contributed by atoms with van der Waals surface area (Å²) in [5, 5.41) is 0.715. The Morgan fingerprint density at radius 3 is 1.81 bits per heavy atom. The minimum atomic E-state index is -0.120. The van der Waals surface area contributed by atoms with E-state index in [4.69, 9.17) is 11.6 Å². The highest BCUT2D eigenvalue weighted by molar-refractivity contribution is 6.30. The molecule has 0 heterocycles. The largest absolute Gasteiger partial charge is 0.207 e. The van der Waals surface area contributed by atoms with E-state index in [0.717, 1.165) is 22.3 Å². The van der Waals surface area contributed by atoms with Crippen LogP contribution in [0.15, 0.2) is 18.2 Å². The highest BCUT2D eigenvalue weighted by atomic mass is 35.5. The molecule has 0 radical (unpaired) electrons. The molecule has 2 aromatic carbocycles. The molecule has 0 nitrogen and oxygen atoms in total. The molecule has 0 saturated heterocycles. The number of rotatable bonds is 2. The second kappa shape index (κ2) is 7.00. The Kier molecular flexibility index (Phi) is 5.64. The predicted molar refractivity (Wildman–Crippen MR) is 112 cm³/mol. The summed E-state index contributed by atoms with van der Waals surface area (Å²) >= 11 is 6.35. The molecule has 0 aliphatic carbocycles. The molecular weight excluding hydrogens is 343 g/mol. The minimum Gasteiger partial charge on any atom is -0.207 e. The summed E-state index contributed by atoms with van der Waals surface area (Å²) in [7, 11) is 0. The lowest BCUT2D eigenvalue weighted by Crippen LogP contribution is -2.19. The monoisotopic (exact) mass is 374 g/mol. The highest BCUT2D eigenvalue weighted by Crippen LogP contribution is 2.36. The maximum Gasteiger partial charge on any atom is 0.127 e. The topological polar surface area (TPSA) is 0 Å². The van der Waals surface area contributed by atoms with Crippen LogP contribution >= 0.6 is 11.6 Å². The standard InChI is InChI=1S/C24H32ClF/c1-14-10-18(25)12-17(22(14)24(7,8)9)13-19-16(3)21(23(4,5)6)15(2)11-20(19)26/h10-12H,13H2,1-9H3. The van der Waals surface area contributed by atoms with Gasteiger partial charge in [0.2, 0.25) is 0 Å². The van der Waals surface area contributed by atoms with Gasteiger partial charge < -0.3 is 0 Å². The number of halogens is 2. The Morgan fingerprint density at radius 2 is 1.31 bits per heavy atom. The summed E-state index contributed by atoms with van der Waals surface area (Å²) in [5.41, 5.74) is 7.62. The van der Waals surface area contributed by atoms with Crippen LogP contribution in [0.5, 0.6) is 0 Å². The first-order valence-electron chi connectivity index (χ1n) is 9.32. The van der Waals surface area contributed by atoms with Crippen LogP contribution in [0.4, 0.5) is 4.39 Å². The Hall–Kier alpha value is -1.34. The van der Waals surface area contributed by atoms with Gasteiger partial charge in [-0.25, -0.2) is 4.39 Å². The van der Waals surface area contributed by atoms with Crippen LogP contribution in [0, 0.1) is 26.6 Å². The lowest BCUT2D eigenvalue weighted by Gasteiger charge is -2.29. The molecule has 0 aliphatic rings. The zero-order valence-corrected chi connectivity index (χ0v) is 18.5. The first-order chi connectivity index (χ1) is 11.7. The van der Waals surface area contributed by atoms with Crippen LogP contribution in [0.25, 0.3) is 0 Å². The van der Waals surface area contributed by atoms with Crippen LogP contribution in [-0.2, 0) is 17.3 Å². The molecule has 0 aliphatic heterocycles. The molecule has 0 amide bonds. The quantitative estimate of drug-likeness (QED) is 0.507. The van der Waals surface area contributed by atoms with E-state index in [0.29, 0.717) is 11.4 Å². The van der Waals surface area contributed by atoms with Crippen molar-refractivity contribution in [2.24, 2.45) is 0 Å². The number of hydrogen-bond acceptors (Lipinski definition) is 0. The van der Waals surface area contributed by atoms with Crippen molar-refractivity contribution < 1.29 is 4.39 Å². The average molecular weight is 375 g/mol. The van der Waals surface area contributed by atoms with Gasteiger partial charge in [0, 0.05) is 11.4 Å². The molecule has 2 aromatic rings. The Balaban J connectivity index is 2.71. The van der Waals surface area contributed by atoms with Gasteiger partial charge in [0.15, 0.2) is 0 Å². The number of aryl methyl sites for hydroxylation is 2. The van der Waals surface area contributed by atoms with Gasteiger partial charge in [-0.15, -0.1) is 0 Å². The summed E-state index contributed by atoms with van der Waals surface area (Å²) in [6, 6.07) is 5.70. The van der Waals surface area contributed by atoms with Crippen LogP contribution in [0.1, 0.15) is 80.5 Å². The molecule has 2 heteroatoms. The van der Waals surface area contributed by atoms with E-state index in [-0.39, 0.29) is 16.6 Å². The van der Waals surface area contributed by atoms with Crippen LogP contribution < -0.4 is 0 Å². The molecule has 0 bridgehead atoms. The van der Waals surface area contributed by atoms with Crippen molar-refractivity contribution in [3.63, 3.8) is 0 Å².